The normalized spacial score (nSPS) is 22.1. The monoisotopic (exact) mass is 415 g/mol. The molecular formula is C15H12BrF6NO. The second-order valence-electron chi connectivity index (χ2n) is 6.23. The van der Waals surface area contributed by atoms with E-state index in [0.29, 0.717) is 4.90 Å². The van der Waals surface area contributed by atoms with E-state index in [9.17, 15) is 31.1 Å². The zero-order valence-corrected chi connectivity index (χ0v) is 13.8. The Labute approximate surface area is 141 Å². The first-order chi connectivity index (χ1) is 11.0. The second-order valence-corrected chi connectivity index (χ2v) is 7.14. The van der Waals surface area contributed by atoms with Gasteiger partial charge in [-0.05, 0) is 30.5 Å². The maximum atomic E-state index is 14.3. The largest absolute Gasteiger partial charge is 0.406 e. The van der Waals surface area contributed by atoms with Crippen LogP contribution in [0.2, 0.25) is 0 Å². The highest BCUT2D eigenvalue weighted by molar-refractivity contribution is 9.10. The molecule has 1 spiro atoms. The molecule has 9 heteroatoms. The molecule has 0 unspecified atom stereocenters. The fourth-order valence-corrected chi connectivity index (χ4v) is 3.97. The van der Waals surface area contributed by atoms with E-state index in [1.807, 2.05) is 0 Å². The van der Waals surface area contributed by atoms with Gasteiger partial charge in [0.05, 0.1) is 11.1 Å². The van der Waals surface area contributed by atoms with E-state index in [2.05, 4.69) is 15.9 Å². The van der Waals surface area contributed by atoms with Gasteiger partial charge in [-0.15, -0.1) is 0 Å². The lowest BCUT2D eigenvalue weighted by molar-refractivity contribution is -0.137. The average molecular weight is 416 g/mol. The average Bonchev–Trinajstić information content (AvgIpc) is 2.63. The smallest absolute Gasteiger partial charge is 0.299 e. The van der Waals surface area contributed by atoms with Gasteiger partial charge in [-0.1, -0.05) is 15.9 Å². The molecule has 1 heterocycles. The summed E-state index contributed by atoms with van der Waals surface area (Å²) in [6, 6.07) is 2.32. The molecule has 24 heavy (non-hydrogen) atoms. The molecule has 1 aromatic carbocycles. The van der Waals surface area contributed by atoms with Crippen LogP contribution in [-0.4, -0.2) is 24.6 Å². The summed E-state index contributed by atoms with van der Waals surface area (Å²) in [5, 5.41) is 0. The number of benzene rings is 1. The molecule has 0 saturated heterocycles. The van der Waals surface area contributed by atoms with Gasteiger partial charge in [-0.25, -0.2) is 13.2 Å². The Bertz CT molecular complexity index is 692. The minimum absolute atomic E-state index is 0.0547. The third-order valence-corrected chi connectivity index (χ3v) is 5.10. The van der Waals surface area contributed by atoms with Crippen molar-refractivity contribution in [3.8, 4) is 0 Å². The number of amides is 1. The van der Waals surface area contributed by atoms with E-state index in [1.54, 1.807) is 0 Å². The third-order valence-electron chi connectivity index (χ3n) is 4.64. The minimum atomic E-state index is -4.73. The Kier molecular flexibility index (Phi) is 3.93. The highest BCUT2D eigenvalue weighted by Gasteiger charge is 2.57. The van der Waals surface area contributed by atoms with Crippen LogP contribution in [0.5, 0.6) is 0 Å². The molecule has 0 N–H and O–H groups in total. The number of carbonyl (C=O) groups excluding carboxylic acids is 1. The summed E-state index contributed by atoms with van der Waals surface area (Å²) in [6.07, 6.45) is -6.58. The molecule has 132 valence electrons. The van der Waals surface area contributed by atoms with Crippen LogP contribution in [0.3, 0.4) is 0 Å². The van der Waals surface area contributed by atoms with Crippen LogP contribution in [0.15, 0.2) is 16.6 Å². The van der Waals surface area contributed by atoms with Gasteiger partial charge in [0.1, 0.15) is 12.4 Å². The molecule has 0 bridgehead atoms. The van der Waals surface area contributed by atoms with Gasteiger partial charge in [-0.2, -0.15) is 13.2 Å². The Morgan fingerprint density at radius 2 is 1.71 bits per heavy atom. The van der Waals surface area contributed by atoms with Crippen molar-refractivity contribution in [2.45, 2.75) is 43.2 Å². The molecule has 1 fully saturated rings. The molecule has 2 aliphatic rings. The van der Waals surface area contributed by atoms with Gasteiger partial charge >= 0.3 is 6.18 Å². The van der Waals surface area contributed by atoms with Gasteiger partial charge in [0.25, 0.3) is 0 Å². The van der Waals surface area contributed by atoms with Crippen LogP contribution in [0.4, 0.5) is 32.0 Å². The zero-order chi connectivity index (χ0) is 17.9. The molecule has 1 amide bonds. The quantitative estimate of drug-likeness (QED) is 0.594. The van der Waals surface area contributed by atoms with Crippen molar-refractivity contribution in [2.24, 2.45) is 0 Å². The molecule has 3 rings (SSSR count). The molecule has 0 aromatic heterocycles. The van der Waals surface area contributed by atoms with Crippen LogP contribution in [0, 0.1) is 5.82 Å². The molecule has 0 radical (unpaired) electrons. The Morgan fingerprint density at radius 1 is 1.12 bits per heavy atom. The summed E-state index contributed by atoms with van der Waals surface area (Å²) in [7, 11) is 0. The molecular weight excluding hydrogens is 404 g/mol. The number of halogens is 7. The highest BCUT2D eigenvalue weighted by atomic mass is 79.9. The van der Waals surface area contributed by atoms with Gasteiger partial charge in [-0.3, -0.25) is 9.69 Å². The SMILES string of the molecule is O=C1N(CC(F)(F)F)c2c(F)cc(Br)cc2C12CCC(F)(F)CC2. The topological polar surface area (TPSA) is 20.3 Å². The van der Waals surface area contributed by atoms with E-state index < -0.39 is 54.3 Å². The summed E-state index contributed by atoms with van der Waals surface area (Å²) < 4.78 is 80.0. The molecule has 2 nitrogen and oxygen atoms in total. The molecule has 1 aliphatic heterocycles. The number of carbonyl (C=O) groups is 1. The van der Waals surface area contributed by atoms with Crippen LogP contribution in [0.1, 0.15) is 31.2 Å². The number of rotatable bonds is 1. The van der Waals surface area contributed by atoms with Crippen molar-refractivity contribution >= 4 is 27.5 Å². The second kappa shape index (κ2) is 5.37. The number of nitrogens with zero attached hydrogens (tertiary/aromatic N) is 1. The van der Waals surface area contributed by atoms with E-state index in [0.717, 1.165) is 6.07 Å². The predicted molar refractivity (Wildman–Crippen MR) is 77.6 cm³/mol. The van der Waals surface area contributed by atoms with Crippen LogP contribution in [-0.2, 0) is 10.2 Å². The number of anilines is 1. The molecule has 1 aliphatic carbocycles. The lowest BCUT2D eigenvalue weighted by atomic mass is 9.69. The first-order valence-corrected chi connectivity index (χ1v) is 8.01. The van der Waals surface area contributed by atoms with Crippen molar-refractivity contribution in [2.75, 3.05) is 11.4 Å². The van der Waals surface area contributed by atoms with Crippen LogP contribution in [0.25, 0.3) is 0 Å². The van der Waals surface area contributed by atoms with Crippen molar-refractivity contribution < 1.29 is 31.1 Å². The number of alkyl halides is 5. The fourth-order valence-electron chi connectivity index (χ4n) is 3.54. The minimum Gasteiger partial charge on any atom is -0.299 e. The standard InChI is InChI=1S/C15H12BrF6NO/c16-8-5-9-11(10(17)6-8)23(7-15(20,21)22)12(24)13(9)1-3-14(18,19)4-2-13/h5-6H,1-4,7H2. The first kappa shape index (κ1) is 17.6. The summed E-state index contributed by atoms with van der Waals surface area (Å²) in [5.74, 6) is -4.90. The Morgan fingerprint density at radius 3 is 2.25 bits per heavy atom. The third kappa shape index (κ3) is 2.80. The van der Waals surface area contributed by atoms with Gasteiger partial charge in [0.2, 0.25) is 11.8 Å². The maximum Gasteiger partial charge on any atom is 0.406 e. The van der Waals surface area contributed by atoms with Crippen molar-refractivity contribution in [3.05, 3.63) is 28.0 Å². The van der Waals surface area contributed by atoms with E-state index in [4.69, 9.17) is 0 Å². The molecule has 1 aromatic rings. The van der Waals surface area contributed by atoms with Crippen molar-refractivity contribution in [3.63, 3.8) is 0 Å². The first-order valence-electron chi connectivity index (χ1n) is 7.21. The summed E-state index contributed by atoms with van der Waals surface area (Å²) >= 11 is 3.05. The predicted octanol–water partition coefficient (Wildman–Crippen LogP) is 4.94. The molecule has 1 saturated carbocycles. The lowest BCUT2D eigenvalue weighted by Gasteiger charge is -2.36. The number of fused-ring (bicyclic) bond motifs is 2. The molecule has 0 atom stereocenters. The van der Waals surface area contributed by atoms with E-state index in [-0.39, 0.29) is 22.9 Å². The van der Waals surface area contributed by atoms with Crippen LogP contribution >= 0.6 is 15.9 Å². The summed E-state index contributed by atoms with van der Waals surface area (Å²) in [6.45, 7) is -1.64. The number of hydrogen-bond donors (Lipinski definition) is 0. The maximum absolute atomic E-state index is 14.3. The summed E-state index contributed by atoms with van der Waals surface area (Å²) in [5.41, 5.74) is -1.92. The Balaban J connectivity index is 2.12. The Hall–Kier alpha value is -1.25. The highest BCUT2D eigenvalue weighted by Crippen LogP contribution is 2.54. The van der Waals surface area contributed by atoms with E-state index >= 15 is 0 Å². The lowest BCUT2D eigenvalue weighted by Crippen LogP contribution is -2.47. The summed E-state index contributed by atoms with van der Waals surface area (Å²) in [4.78, 5) is 13.0. The van der Waals surface area contributed by atoms with Crippen molar-refractivity contribution in [1.29, 1.82) is 0 Å². The van der Waals surface area contributed by atoms with Gasteiger partial charge in [0.15, 0.2) is 0 Å². The van der Waals surface area contributed by atoms with Crippen LogP contribution < -0.4 is 4.90 Å². The number of hydrogen-bond acceptors (Lipinski definition) is 1. The zero-order valence-electron chi connectivity index (χ0n) is 12.2. The van der Waals surface area contributed by atoms with E-state index in [1.165, 1.54) is 6.07 Å². The fraction of sp³-hybridized carbons (Fsp3) is 0.533. The van der Waals surface area contributed by atoms with Gasteiger partial charge in [0, 0.05) is 17.3 Å². The van der Waals surface area contributed by atoms with Crippen molar-refractivity contribution in [1.82, 2.24) is 0 Å². The van der Waals surface area contributed by atoms with Gasteiger partial charge < -0.3 is 0 Å².